The topological polar surface area (TPSA) is 79.2 Å². The molecule has 0 aliphatic rings. The van der Waals surface area contributed by atoms with E-state index in [-0.39, 0.29) is 30.5 Å². The van der Waals surface area contributed by atoms with E-state index in [4.69, 9.17) is 9.47 Å². The Morgan fingerprint density at radius 2 is 1.04 bits per heavy atom. The van der Waals surface area contributed by atoms with Crippen LogP contribution in [-0.4, -0.2) is 15.3 Å². The van der Waals surface area contributed by atoms with Gasteiger partial charge in [0.2, 0.25) is 17.2 Å². The molecule has 0 aliphatic heterocycles. The van der Waals surface area contributed by atoms with Gasteiger partial charge in [-0.1, -0.05) is 60.7 Å². The molecule has 134 valence electrons. The van der Waals surface area contributed by atoms with Crippen LogP contribution < -0.4 is 9.47 Å². The van der Waals surface area contributed by atoms with Crippen LogP contribution in [0, 0.1) is 6.92 Å². The number of phenols is 3. The van der Waals surface area contributed by atoms with Gasteiger partial charge < -0.3 is 24.8 Å². The van der Waals surface area contributed by atoms with Gasteiger partial charge in [-0.15, -0.1) is 0 Å². The molecule has 0 aromatic heterocycles. The molecule has 0 amide bonds. The Morgan fingerprint density at radius 3 is 1.54 bits per heavy atom. The van der Waals surface area contributed by atoms with Gasteiger partial charge in [0.15, 0.2) is 11.5 Å². The Morgan fingerprint density at radius 1 is 0.615 bits per heavy atom. The molecular weight excluding hydrogens is 332 g/mol. The third kappa shape index (κ3) is 3.67. The highest BCUT2D eigenvalue weighted by molar-refractivity contribution is 5.68. The highest BCUT2D eigenvalue weighted by Crippen LogP contribution is 2.52. The smallest absolute Gasteiger partial charge is 0.208 e. The Bertz CT molecular complexity index is 772. The Hall–Kier alpha value is -3.34. The van der Waals surface area contributed by atoms with Crippen LogP contribution in [0.3, 0.4) is 0 Å². The average molecular weight is 352 g/mol. The summed E-state index contributed by atoms with van der Waals surface area (Å²) in [5, 5.41) is 30.9. The minimum Gasteiger partial charge on any atom is -0.504 e. The van der Waals surface area contributed by atoms with Crippen molar-refractivity contribution in [1.82, 2.24) is 0 Å². The van der Waals surface area contributed by atoms with E-state index in [1.54, 1.807) is 6.92 Å². The van der Waals surface area contributed by atoms with Crippen LogP contribution in [0.1, 0.15) is 16.7 Å². The molecule has 0 aliphatic carbocycles. The highest BCUT2D eigenvalue weighted by atomic mass is 16.5. The number of hydrogen-bond acceptors (Lipinski definition) is 5. The first kappa shape index (κ1) is 17.5. The van der Waals surface area contributed by atoms with Gasteiger partial charge in [0.05, 0.1) is 0 Å². The number of aromatic hydroxyl groups is 3. The number of benzene rings is 3. The van der Waals surface area contributed by atoms with Gasteiger partial charge >= 0.3 is 0 Å². The van der Waals surface area contributed by atoms with Crippen LogP contribution >= 0.6 is 0 Å². The molecule has 3 aromatic carbocycles. The van der Waals surface area contributed by atoms with E-state index in [9.17, 15) is 15.3 Å². The third-order valence-corrected chi connectivity index (χ3v) is 4.02. The standard InChI is InChI=1S/C21H20O5/c1-14-17(22)21(26-13-16-10-6-3-7-11-16)19(24)18(23)20(14)25-12-15-8-4-2-5-9-15/h2-11,22-24H,12-13H2,1H3. The lowest BCUT2D eigenvalue weighted by molar-refractivity contribution is 0.250. The van der Waals surface area contributed by atoms with Crippen molar-refractivity contribution in [2.75, 3.05) is 0 Å². The van der Waals surface area contributed by atoms with Crippen molar-refractivity contribution in [3.05, 3.63) is 77.4 Å². The first-order valence-electron chi connectivity index (χ1n) is 8.18. The Kier molecular flexibility index (Phi) is 5.17. The van der Waals surface area contributed by atoms with E-state index in [0.717, 1.165) is 11.1 Å². The van der Waals surface area contributed by atoms with E-state index < -0.39 is 11.5 Å². The van der Waals surface area contributed by atoms with E-state index >= 15 is 0 Å². The summed E-state index contributed by atoms with van der Waals surface area (Å²) in [5.41, 5.74) is 2.06. The summed E-state index contributed by atoms with van der Waals surface area (Å²) < 4.78 is 11.1. The maximum atomic E-state index is 10.4. The summed E-state index contributed by atoms with van der Waals surface area (Å²) in [6.07, 6.45) is 0. The van der Waals surface area contributed by atoms with Crippen molar-refractivity contribution in [1.29, 1.82) is 0 Å². The van der Waals surface area contributed by atoms with Crippen LogP contribution in [0.5, 0.6) is 28.7 Å². The largest absolute Gasteiger partial charge is 0.504 e. The lowest BCUT2D eigenvalue weighted by Gasteiger charge is -2.17. The molecule has 0 saturated heterocycles. The Labute approximate surface area is 151 Å². The fraction of sp³-hybridized carbons (Fsp3) is 0.143. The zero-order valence-corrected chi connectivity index (χ0v) is 14.3. The van der Waals surface area contributed by atoms with E-state index in [0.29, 0.717) is 5.56 Å². The Balaban J connectivity index is 1.82. The van der Waals surface area contributed by atoms with Crippen LogP contribution in [0.2, 0.25) is 0 Å². The number of hydrogen-bond donors (Lipinski definition) is 3. The monoisotopic (exact) mass is 352 g/mol. The zero-order valence-electron chi connectivity index (χ0n) is 14.3. The molecule has 3 aromatic rings. The summed E-state index contributed by atoms with van der Waals surface area (Å²) >= 11 is 0. The van der Waals surface area contributed by atoms with E-state index in [1.807, 2.05) is 60.7 Å². The summed E-state index contributed by atoms with van der Waals surface area (Å²) in [5.74, 6) is -1.42. The van der Waals surface area contributed by atoms with Gasteiger partial charge in [0, 0.05) is 5.56 Å². The van der Waals surface area contributed by atoms with E-state index in [2.05, 4.69) is 0 Å². The third-order valence-electron chi connectivity index (χ3n) is 4.02. The van der Waals surface area contributed by atoms with Crippen LogP contribution in [-0.2, 0) is 13.2 Å². The van der Waals surface area contributed by atoms with Crippen molar-refractivity contribution in [2.45, 2.75) is 20.1 Å². The van der Waals surface area contributed by atoms with Gasteiger partial charge in [-0.05, 0) is 18.1 Å². The minimum atomic E-state index is -0.549. The fourth-order valence-electron chi connectivity index (χ4n) is 2.56. The molecule has 3 N–H and O–H groups in total. The van der Waals surface area contributed by atoms with Gasteiger partial charge in [-0.25, -0.2) is 0 Å². The summed E-state index contributed by atoms with van der Waals surface area (Å²) in [4.78, 5) is 0. The first-order chi connectivity index (χ1) is 12.6. The fourth-order valence-corrected chi connectivity index (χ4v) is 2.56. The lowest BCUT2D eigenvalue weighted by atomic mass is 10.1. The second-order valence-electron chi connectivity index (χ2n) is 5.88. The lowest BCUT2D eigenvalue weighted by Crippen LogP contribution is -2.01. The first-order valence-corrected chi connectivity index (χ1v) is 8.18. The predicted molar refractivity (Wildman–Crippen MR) is 97.7 cm³/mol. The highest BCUT2D eigenvalue weighted by Gasteiger charge is 2.24. The second kappa shape index (κ2) is 7.70. The van der Waals surface area contributed by atoms with E-state index in [1.165, 1.54) is 0 Å². The SMILES string of the molecule is Cc1c(O)c(OCc2ccccc2)c(O)c(O)c1OCc1ccccc1. The zero-order chi connectivity index (χ0) is 18.5. The summed E-state index contributed by atoms with van der Waals surface area (Å²) in [6, 6.07) is 18.7. The molecule has 0 saturated carbocycles. The molecule has 0 unspecified atom stereocenters. The van der Waals surface area contributed by atoms with Crippen LogP contribution in [0.4, 0.5) is 0 Å². The number of rotatable bonds is 6. The van der Waals surface area contributed by atoms with Crippen molar-refractivity contribution < 1.29 is 24.8 Å². The van der Waals surface area contributed by atoms with Crippen molar-refractivity contribution in [3.8, 4) is 28.7 Å². The van der Waals surface area contributed by atoms with Gasteiger partial charge in [0.25, 0.3) is 0 Å². The van der Waals surface area contributed by atoms with Gasteiger partial charge in [-0.2, -0.15) is 0 Å². The van der Waals surface area contributed by atoms with Gasteiger partial charge in [-0.3, -0.25) is 0 Å². The van der Waals surface area contributed by atoms with Crippen LogP contribution in [0.15, 0.2) is 60.7 Å². The summed E-state index contributed by atoms with van der Waals surface area (Å²) in [7, 11) is 0. The molecule has 26 heavy (non-hydrogen) atoms. The van der Waals surface area contributed by atoms with Crippen molar-refractivity contribution in [2.24, 2.45) is 0 Å². The second-order valence-corrected chi connectivity index (χ2v) is 5.88. The summed E-state index contributed by atoms with van der Waals surface area (Å²) in [6.45, 7) is 1.92. The molecular formula is C21H20O5. The van der Waals surface area contributed by atoms with Crippen molar-refractivity contribution >= 4 is 0 Å². The predicted octanol–water partition coefficient (Wildman–Crippen LogP) is 4.27. The molecule has 5 heteroatoms. The molecule has 0 bridgehead atoms. The molecule has 0 radical (unpaired) electrons. The maximum absolute atomic E-state index is 10.4. The number of ether oxygens (including phenoxy) is 2. The molecule has 3 rings (SSSR count). The molecule has 0 fully saturated rings. The van der Waals surface area contributed by atoms with Crippen LogP contribution in [0.25, 0.3) is 0 Å². The average Bonchev–Trinajstić information content (AvgIpc) is 2.68. The number of phenolic OH excluding ortho intramolecular Hbond substituents is 3. The maximum Gasteiger partial charge on any atom is 0.208 e. The molecule has 0 atom stereocenters. The molecule has 5 nitrogen and oxygen atoms in total. The molecule has 0 spiro atoms. The normalized spacial score (nSPS) is 10.5. The van der Waals surface area contributed by atoms with Gasteiger partial charge in [0.1, 0.15) is 13.2 Å². The van der Waals surface area contributed by atoms with Crippen molar-refractivity contribution in [3.63, 3.8) is 0 Å². The minimum absolute atomic E-state index is 0.0240. The molecule has 0 heterocycles. The quantitative estimate of drug-likeness (QED) is 0.456.